The third-order valence-corrected chi connectivity index (χ3v) is 7.14. The van der Waals surface area contributed by atoms with Gasteiger partial charge in [0.05, 0.1) is 10.6 Å². The quantitative estimate of drug-likeness (QED) is 0.709. The average molecular weight is 412 g/mol. The minimum Gasteiger partial charge on any atom is -0.339 e. The van der Waals surface area contributed by atoms with Gasteiger partial charge in [0.1, 0.15) is 11.6 Å². The molecule has 27 heavy (non-hydrogen) atoms. The maximum Gasteiger partial charge on any atom is 0.243 e. The van der Waals surface area contributed by atoms with Gasteiger partial charge in [0.25, 0.3) is 0 Å². The van der Waals surface area contributed by atoms with Crippen LogP contribution >= 0.6 is 11.8 Å². The Labute approximate surface area is 161 Å². The van der Waals surface area contributed by atoms with Gasteiger partial charge >= 0.3 is 0 Å². The van der Waals surface area contributed by atoms with Crippen molar-refractivity contribution in [2.24, 2.45) is 0 Å². The van der Waals surface area contributed by atoms with Gasteiger partial charge in [0.15, 0.2) is 0 Å². The van der Waals surface area contributed by atoms with E-state index in [1.807, 2.05) is 0 Å². The van der Waals surface area contributed by atoms with E-state index in [9.17, 15) is 22.0 Å². The molecule has 0 N–H and O–H groups in total. The lowest BCUT2D eigenvalue weighted by Gasteiger charge is -2.34. The van der Waals surface area contributed by atoms with E-state index in [2.05, 4.69) is 0 Å². The van der Waals surface area contributed by atoms with Gasteiger partial charge in [-0.2, -0.15) is 4.31 Å². The number of nitrogens with zero attached hydrogens (tertiary/aromatic N) is 2. The summed E-state index contributed by atoms with van der Waals surface area (Å²) in [7, 11) is -3.79. The van der Waals surface area contributed by atoms with Crippen LogP contribution in [0.5, 0.6) is 0 Å². The summed E-state index contributed by atoms with van der Waals surface area (Å²) in [5, 5.41) is 0. The smallest absolute Gasteiger partial charge is 0.243 e. The molecule has 0 saturated carbocycles. The van der Waals surface area contributed by atoms with Crippen LogP contribution in [-0.2, 0) is 14.8 Å². The molecule has 9 heteroatoms. The molecule has 144 valence electrons. The molecule has 0 aromatic heterocycles. The molecule has 0 radical (unpaired) electrons. The largest absolute Gasteiger partial charge is 0.339 e. The maximum atomic E-state index is 13.6. The van der Waals surface area contributed by atoms with Crippen molar-refractivity contribution in [2.45, 2.75) is 9.79 Å². The van der Waals surface area contributed by atoms with E-state index in [1.54, 1.807) is 23.1 Å². The van der Waals surface area contributed by atoms with Gasteiger partial charge in [-0.1, -0.05) is 18.2 Å². The lowest BCUT2D eigenvalue weighted by Crippen LogP contribution is -2.50. The number of carbonyl (C=O) groups excluding carboxylic acids is 1. The molecule has 1 fully saturated rings. The molecule has 1 aliphatic rings. The Balaban J connectivity index is 1.57. The van der Waals surface area contributed by atoms with Crippen LogP contribution in [0, 0.1) is 11.6 Å². The SMILES string of the molecule is O=C(CSc1ccccc1F)N1CCN(S(=O)(=O)c2cccc(F)c2)CC1. The van der Waals surface area contributed by atoms with Gasteiger partial charge < -0.3 is 4.90 Å². The van der Waals surface area contributed by atoms with Gasteiger partial charge in [0, 0.05) is 31.1 Å². The summed E-state index contributed by atoms with van der Waals surface area (Å²) >= 11 is 1.11. The Hall–Kier alpha value is -1.97. The zero-order valence-electron chi connectivity index (χ0n) is 14.3. The summed E-state index contributed by atoms with van der Waals surface area (Å²) in [6.45, 7) is 0.750. The van der Waals surface area contributed by atoms with Crippen LogP contribution in [0.15, 0.2) is 58.3 Å². The maximum absolute atomic E-state index is 13.6. The van der Waals surface area contributed by atoms with E-state index >= 15 is 0 Å². The van der Waals surface area contributed by atoms with Crippen LogP contribution in [-0.4, -0.2) is 55.5 Å². The normalized spacial score (nSPS) is 15.7. The second-order valence-corrected chi connectivity index (χ2v) is 8.92. The molecule has 0 aliphatic carbocycles. The van der Waals surface area contributed by atoms with Gasteiger partial charge in [-0.15, -0.1) is 11.8 Å². The van der Waals surface area contributed by atoms with Crippen LogP contribution in [0.25, 0.3) is 0 Å². The molecule has 1 aliphatic heterocycles. The Morgan fingerprint density at radius 2 is 1.70 bits per heavy atom. The molecule has 1 heterocycles. The number of thioether (sulfide) groups is 1. The highest BCUT2D eigenvalue weighted by atomic mass is 32.2. The minimum absolute atomic E-state index is 0.0809. The topological polar surface area (TPSA) is 57.7 Å². The van der Waals surface area contributed by atoms with Gasteiger partial charge in [-0.25, -0.2) is 17.2 Å². The molecule has 2 aromatic carbocycles. The van der Waals surface area contributed by atoms with Gasteiger partial charge in [-0.3, -0.25) is 4.79 Å². The average Bonchev–Trinajstić information content (AvgIpc) is 2.67. The number of sulfonamides is 1. The fraction of sp³-hybridized carbons (Fsp3) is 0.278. The first kappa shape index (κ1) is 19.8. The van der Waals surface area contributed by atoms with E-state index in [0.717, 1.165) is 17.8 Å². The predicted octanol–water partition coefficient (Wildman–Crippen LogP) is 2.59. The zero-order valence-corrected chi connectivity index (χ0v) is 16.0. The molecular weight excluding hydrogens is 394 g/mol. The minimum atomic E-state index is -3.79. The highest BCUT2D eigenvalue weighted by Crippen LogP contribution is 2.22. The van der Waals surface area contributed by atoms with Crippen molar-refractivity contribution in [3.63, 3.8) is 0 Å². The van der Waals surface area contributed by atoms with Crippen LogP contribution < -0.4 is 0 Å². The standard InChI is InChI=1S/C18H18F2N2O3S2/c19-14-4-3-5-15(12-14)27(24,25)22-10-8-21(9-11-22)18(23)13-26-17-7-2-1-6-16(17)20/h1-7,12H,8-11,13H2. The molecular formula is C18H18F2N2O3S2. The highest BCUT2D eigenvalue weighted by molar-refractivity contribution is 8.00. The molecule has 1 saturated heterocycles. The number of hydrogen-bond donors (Lipinski definition) is 0. The first-order chi connectivity index (χ1) is 12.9. The van der Waals surface area contributed by atoms with E-state index in [-0.39, 0.29) is 48.6 Å². The van der Waals surface area contributed by atoms with Crippen molar-refractivity contribution < 1.29 is 22.0 Å². The van der Waals surface area contributed by atoms with E-state index in [0.29, 0.717) is 4.90 Å². The Bertz CT molecular complexity index is 930. The summed E-state index contributed by atoms with van der Waals surface area (Å²) < 4.78 is 53.3. The molecule has 3 rings (SSSR count). The van der Waals surface area contributed by atoms with Crippen molar-refractivity contribution in [1.82, 2.24) is 9.21 Å². The summed E-state index contributed by atoms with van der Waals surface area (Å²) in [4.78, 5) is 14.2. The van der Waals surface area contributed by atoms with Crippen LogP contribution in [0.3, 0.4) is 0 Å². The zero-order chi connectivity index (χ0) is 19.4. The summed E-state index contributed by atoms with van der Waals surface area (Å²) in [6.07, 6.45) is 0. The Morgan fingerprint density at radius 3 is 2.37 bits per heavy atom. The first-order valence-corrected chi connectivity index (χ1v) is 10.7. The molecule has 1 amide bonds. The number of amides is 1. The second-order valence-electron chi connectivity index (χ2n) is 5.96. The Kier molecular flexibility index (Phi) is 6.13. The summed E-state index contributed by atoms with van der Waals surface area (Å²) in [5.41, 5.74) is 0. The van der Waals surface area contributed by atoms with E-state index in [1.165, 1.54) is 28.6 Å². The molecule has 2 aromatic rings. The van der Waals surface area contributed by atoms with Gasteiger partial charge in [0.2, 0.25) is 15.9 Å². The second kappa shape index (κ2) is 8.37. The molecule has 0 atom stereocenters. The van der Waals surface area contributed by atoms with Crippen LogP contribution in [0.2, 0.25) is 0 Å². The number of piperazine rings is 1. The number of hydrogen-bond acceptors (Lipinski definition) is 4. The number of halogens is 2. The van der Waals surface area contributed by atoms with Crippen molar-refractivity contribution in [1.29, 1.82) is 0 Å². The number of carbonyl (C=O) groups is 1. The lowest BCUT2D eigenvalue weighted by atomic mass is 10.3. The van der Waals surface area contributed by atoms with Gasteiger partial charge in [-0.05, 0) is 30.3 Å². The third-order valence-electron chi connectivity index (χ3n) is 4.21. The third kappa shape index (κ3) is 4.66. The summed E-state index contributed by atoms with van der Waals surface area (Å²) in [6, 6.07) is 11.1. The fourth-order valence-electron chi connectivity index (χ4n) is 2.75. The number of benzene rings is 2. The van der Waals surface area contributed by atoms with Crippen molar-refractivity contribution in [2.75, 3.05) is 31.9 Å². The monoisotopic (exact) mass is 412 g/mol. The van der Waals surface area contributed by atoms with E-state index < -0.39 is 15.8 Å². The van der Waals surface area contributed by atoms with Crippen molar-refractivity contribution >= 4 is 27.7 Å². The first-order valence-electron chi connectivity index (χ1n) is 8.29. The van der Waals surface area contributed by atoms with Crippen LogP contribution in [0.1, 0.15) is 0 Å². The van der Waals surface area contributed by atoms with E-state index in [4.69, 9.17) is 0 Å². The Morgan fingerprint density at radius 1 is 1.00 bits per heavy atom. The van der Waals surface area contributed by atoms with Crippen LogP contribution in [0.4, 0.5) is 8.78 Å². The number of rotatable bonds is 5. The van der Waals surface area contributed by atoms with Crippen molar-refractivity contribution in [3.05, 3.63) is 60.2 Å². The predicted molar refractivity (Wildman–Crippen MR) is 98.9 cm³/mol. The summed E-state index contributed by atoms with van der Waals surface area (Å²) in [5.74, 6) is -1.08. The van der Waals surface area contributed by atoms with Crippen molar-refractivity contribution in [3.8, 4) is 0 Å². The lowest BCUT2D eigenvalue weighted by molar-refractivity contribution is -0.129. The molecule has 0 bridgehead atoms. The molecule has 5 nitrogen and oxygen atoms in total. The molecule has 0 unspecified atom stereocenters. The highest BCUT2D eigenvalue weighted by Gasteiger charge is 2.30. The molecule has 0 spiro atoms. The fourth-order valence-corrected chi connectivity index (χ4v) is 5.04.